The van der Waals surface area contributed by atoms with Crippen LogP contribution in [0.3, 0.4) is 0 Å². The Bertz CT molecular complexity index is 2010. The lowest BCUT2D eigenvalue weighted by Crippen LogP contribution is -2.64. The van der Waals surface area contributed by atoms with Crippen LogP contribution in [0.4, 0.5) is 10.5 Å². The molecule has 16 heteroatoms. The van der Waals surface area contributed by atoms with Crippen molar-refractivity contribution in [3.63, 3.8) is 0 Å². The molecule has 286 valence electrons. The number of Topliss-reactive ketones (excluding diaryl/α,β-unsaturated/α-hetero) is 1. The van der Waals surface area contributed by atoms with Crippen LogP contribution in [0.5, 0.6) is 11.5 Å². The van der Waals surface area contributed by atoms with Gasteiger partial charge in [0.05, 0.1) is 22.0 Å². The van der Waals surface area contributed by atoms with Gasteiger partial charge in [0, 0.05) is 25.1 Å². The van der Waals surface area contributed by atoms with Crippen LogP contribution in [0.2, 0.25) is 0 Å². The molecule has 5 amide bonds. The maximum atomic E-state index is 14.1. The van der Waals surface area contributed by atoms with Gasteiger partial charge >= 0.3 is 12.0 Å². The largest absolute Gasteiger partial charge is 0.461 e. The number of thiazole rings is 1. The van der Waals surface area contributed by atoms with Crippen LogP contribution in [0.25, 0.3) is 10.2 Å². The molecule has 0 aliphatic carbocycles. The second-order valence-corrected chi connectivity index (χ2v) is 15.0. The maximum Gasteiger partial charge on any atom is 0.319 e. The van der Waals surface area contributed by atoms with E-state index in [2.05, 4.69) is 27.5 Å². The molecule has 0 spiro atoms. The zero-order valence-electron chi connectivity index (χ0n) is 29.8. The highest BCUT2D eigenvalue weighted by molar-refractivity contribution is 8.01. The summed E-state index contributed by atoms with van der Waals surface area (Å²) >= 11 is 2.67. The number of ether oxygens (including phenoxy) is 2. The fraction of sp³-hybridized carbons (Fsp3) is 0.308. The summed E-state index contributed by atoms with van der Waals surface area (Å²) in [6.07, 6.45) is 1.84. The van der Waals surface area contributed by atoms with E-state index in [4.69, 9.17) is 9.47 Å². The lowest BCUT2D eigenvalue weighted by Gasteiger charge is -2.43. The van der Waals surface area contributed by atoms with Crippen molar-refractivity contribution in [1.29, 1.82) is 0 Å². The first kappa shape index (κ1) is 39.0. The molecule has 2 saturated heterocycles. The Labute approximate surface area is 325 Å². The van der Waals surface area contributed by atoms with Crippen LogP contribution in [-0.2, 0) is 28.7 Å². The third kappa shape index (κ3) is 10.3. The summed E-state index contributed by atoms with van der Waals surface area (Å²) in [5.41, 5.74) is 1.25. The first-order valence-electron chi connectivity index (χ1n) is 17.8. The zero-order valence-corrected chi connectivity index (χ0v) is 31.4. The van der Waals surface area contributed by atoms with Crippen LogP contribution in [-0.4, -0.2) is 87.5 Å². The summed E-state index contributed by atoms with van der Waals surface area (Å²) in [6, 6.07) is 19.5. The van der Waals surface area contributed by atoms with E-state index in [1.807, 2.05) is 54.6 Å². The minimum Gasteiger partial charge on any atom is -0.461 e. The van der Waals surface area contributed by atoms with E-state index in [1.54, 1.807) is 24.3 Å². The van der Waals surface area contributed by atoms with Gasteiger partial charge in [0.2, 0.25) is 11.8 Å². The third-order valence-corrected chi connectivity index (χ3v) is 11.1. The minimum atomic E-state index is -1.15. The number of para-hydroxylation sites is 2. The normalized spacial score (nSPS) is 17.4. The van der Waals surface area contributed by atoms with Crippen molar-refractivity contribution in [2.24, 2.45) is 0 Å². The molecule has 3 heterocycles. The Morgan fingerprint density at radius 2 is 1.73 bits per heavy atom. The number of hydrogen-bond acceptors (Lipinski definition) is 11. The SMILES string of the molecule is C=CCOC(=O)CC[C@H](NC(=O)[C@@H]1CCCN2C(=O)CC[C@H](NC(=O)Nc3ccc(Oc4ccccc4)cc3)C(=O)N12)C(=O)CSc1nc2ccccc2s1. The van der Waals surface area contributed by atoms with Crippen molar-refractivity contribution in [3.05, 3.63) is 91.5 Å². The summed E-state index contributed by atoms with van der Waals surface area (Å²) in [5, 5.41) is 10.5. The molecule has 0 unspecified atom stereocenters. The molecule has 3 aromatic carbocycles. The number of thioether (sulfide) groups is 1. The molecule has 2 aliphatic heterocycles. The van der Waals surface area contributed by atoms with E-state index in [0.29, 0.717) is 27.9 Å². The van der Waals surface area contributed by atoms with Crippen LogP contribution in [0.15, 0.2) is 95.9 Å². The Balaban J connectivity index is 1.11. The van der Waals surface area contributed by atoms with Gasteiger partial charge in [0.15, 0.2) is 10.1 Å². The Morgan fingerprint density at radius 3 is 2.49 bits per heavy atom. The summed E-state index contributed by atoms with van der Waals surface area (Å²) < 4.78 is 12.5. The Morgan fingerprint density at radius 1 is 0.982 bits per heavy atom. The first-order valence-corrected chi connectivity index (χ1v) is 19.6. The number of fused-ring (bicyclic) bond motifs is 2. The molecule has 55 heavy (non-hydrogen) atoms. The molecular weight excluding hydrogens is 745 g/mol. The van der Waals surface area contributed by atoms with E-state index in [1.165, 1.54) is 34.2 Å². The van der Waals surface area contributed by atoms with Crippen LogP contribution in [0.1, 0.15) is 38.5 Å². The molecule has 3 N–H and O–H groups in total. The number of hydrogen-bond donors (Lipinski definition) is 3. The van der Waals surface area contributed by atoms with Crippen molar-refractivity contribution < 1.29 is 38.2 Å². The number of carbonyl (C=O) groups is 6. The highest BCUT2D eigenvalue weighted by Gasteiger charge is 2.45. The molecule has 1 aromatic heterocycles. The van der Waals surface area contributed by atoms with Gasteiger partial charge in [0.1, 0.15) is 30.2 Å². The average Bonchev–Trinajstić information content (AvgIpc) is 3.58. The van der Waals surface area contributed by atoms with Crippen LogP contribution < -0.4 is 20.7 Å². The second-order valence-electron chi connectivity index (χ2n) is 12.8. The molecule has 14 nitrogen and oxygen atoms in total. The number of nitrogens with one attached hydrogen (secondary N) is 3. The molecule has 3 atom stereocenters. The van der Waals surface area contributed by atoms with E-state index < -0.39 is 41.9 Å². The van der Waals surface area contributed by atoms with E-state index in [-0.39, 0.29) is 62.7 Å². The number of hydrazine groups is 1. The number of rotatable bonds is 15. The number of anilines is 1. The van der Waals surface area contributed by atoms with Crippen molar-refractivity contribution in [2.75, 3.05) is 24.2 Å². The van der Waals surface area contributed by atoms with Crippen molar-refractivity contribution in [1.82, 2.24) is 25.6 Å². The van der Waals surface area contributed by atoms with Gasteiger partial charge in [-0.2, -0.15) is 0 Å². The fourth-order valence-corrected chi connectivity index (χ4v) is 8.19. The summed E-state index contributed by atoms with van der Waals surface area (Å²) in [5.74, 6) is -1.38. The fourth-order valence-electron chi connectivity index (χ4n) is 6.18. The molecule has 0 radical (unpaired) electrons. The molecular formula is C39H40N6O8S2. The van der Waals surface area contributed by atoms with Gasteiger partial charge in [-0.05, 0) is 74.2 Å². The molecule has 0 saturated carbocycles. The number of carbonyl (C=O) groups excluding carboxylic acids is 6. The van der Waals surface area contributed by atoms with Gasteiger partial charge in [-0.3, -0.25) is 29.0 Å². The predicted molar refractivity (Wildman–Crippen MR) is 207 cm³/mol. The van der Waals surface area contributed by atoms with Crippen molar-refractivity contribution in [2.45, 2.75) is 61.0 Å². The minimum absolute atomic E-state index is 0.00347. The second kappa shape index (κ2) is 18.5. The number of benzene rings is 3. The molecule has 6 rings (SSSR count). The van der Waals surface area contributed by atoms with Gasteiger partial charge in [-0.15, -0.1) is 11.3 Å². The van der Waals surface area contributed by atoms with E-state index >= 15 is 0 Å². The lowest BCUT2D eigenvalue weighted by atomic mass is 10.0. The topological polar surface area (TPSA) is 176 Å². The summed E-state index contributed by atoms with van der Waals surface area (Å²) in [6.45, 7) is 3.75. The number of nitrogens with zero attached hydrogens (tertiary/aromatic N) is 3. The molecule has 0 bridgehead atoms. The summed E-state index contributed by atoms with van der Waals surface area (Å²) in [7, 11) is 0. The summed E-state index contributed by atoms with van der Waals surface area (Å²) in [4.78, 5) is 85.0. The zero-order chi connectivity index (χ0) is 38.7. The van der Waals surface area contributed by atoms with Gasteiger partial charge < -0.3 is 25.4 Å². The van der Waals surface area contributed by atoms with Gasteiger partial charge in [-0.25, -0.2) is 14.8 Å². The molecule has 2 fully saturated rings. The van der Waals surface area contributed by atoms with E-state index in [0.717, 1.165) is 15.2 Å². The molecule has 4 aromatic rings. The number of esters is 1. The van der Waals surface area contributed by atoms with Crippen molar-refractivity contribution >= 4 is 74.5 Å². The number of amides is 5. The third-order valence-electron chi connectivity index (χ3n) is 8.88. The molecule has 2 aliphatic rings. The van der Waals surface area contributed by atoms with E-state index in [9.17, 15) is 28.8 Å². The average molecular weight is 785 g/mol. The lowest BCUT2D eigenvalue weighted by molar-refractivity contribution is -0.176. The number of ketones is 1. The van der Waals surface area contributed by atoms with Crippen molar-refractivity contribution in [3.8, 4) is 11.5 Å². The Kier molecular flexibility index (Phi) is 13.1. The quantitative estimate of drug-likeness (QED) is 0.0797. The maximum absolute atomic E-state index is 14.1. The highest BCUT2D eigenvalue weighted by atomic mass is 32.2. The monoisotopic (exact) mass is 784 g/mol. The standard InChI is InChI=1S/C39H40N6O8S2/c1-2-23-52-35(48)21-19-28(32(46)24-54-39-43-29-11-6-7-13-33(29)55-39)41-36(49)31-12-8-22-44-34(47)20-18-30(37(50)45(31)44)42-38(51)40-25-14-16-27(17-15-25)53-26-9-4-3-5-10-26/h2-7,9-11,13-17,28,30-31H,1,8,12,18-24H2,(H,41,49)(H2,40,42,51)/t28-,30-,31-/m0/s1. The Hall–Kier alpha value is -5.74. The van der Waals surface area contributed by atoms with Gasteiger partial charge in [-0.1, -0.05) is 54.7 Å². The highest BCUT2D eigenvalue weighted by Crippen LogP contribution is 2.30. The number of aromatic nitrogens is 1. The smallest absolute Gasteiger partial charge is 0.319 e. The first-order chi connectivity index (χ1) is 26.7. The van der Waals surface area contributed by atoms with Crippen LogP contribution in [0, 0.1) is 0 Å². The van der Waals surface area contributed by atoms with Gasteiger partial charge in [0.25, 0.3) is 5.91 Å². The predicted octanol–water partition coefficient (Wildman–Crippen LogP) is 5.46. The van der Waals surface area contributed by atoms with Crippen LogP contribution >= 0.6 is 23.1 Å². The number of urea groups is 1.